The molecule has 0 saturated carbocycles. The molecule has 0 aliphatic carbocycles. The Morgan fingerprint density at radius 2 is 1.78 bits per heavy atom. The van der Waals surface area contributed by atoms with E-state index in [2.05, 4.69) is 10.3 Å². The summed E-state index contributed by atoms with van der Waals surface area (Å²) in [5, 5.41) is 3.37. The van der Waals surface area contributed by atoms with E-state index in [1.54, 1.807) is 43.5 Å². The molecular formula is C25H23N3O4. The Bertz CT molecular complexity index is 1330. The fourth-order valence-electron chi connectivity index (χ4n) is 3.52. The molecular weight excluding hydrogens is 406 g/mol. The molecule has 0 radical (unpaired) electrons. The highest BCUT2D eigenvalue weighted by molar-refractivity contribution is 5.97. The molecule has 7 heteroatoms. The first-order valence-electron chi connectivity index (χ1n) is 10.1. The van der Waals surface area contributed by atoms with Crippen LogP contribution in [0.25, 0.3) is 16.6 Å². The number of aromatic nitrogens is 2. The van der Waals surface area contributed by atoms with E-state index >= 15 is 0 Å². The smallest absolute Gasteiger partial charge is 0.265 e. The molecule has 1 atom stereocenters. The minimum absolute atomic E-state index is 0.152. The second-order valence-corrected chi connectivity index (χ2v) is 7.30. The molecule has 0 aliphatic heterocycles. The number of benzene rings is 3. The third-order valence-electron chi connectivity index (χ3n) is 5.31. The molecule has 0 saturated heterocycles. The largest absolute Gasteiger partial charge is 0.497 e. The Balaban J connectivity index is 1.67. The highest BCUT2D eigenvalue weighted by atomic mass is 16.5. The molecule has 1 heterocycles. The van der Waals surface area contributed by atoms with Gasteiger partial charge in [0.2, 0.25) is 0 Å². The van der Waals surface area contributed by atoms with Gasteiger partial charge < -0.3 is 14.8 Å². The second kappa shape index (κ2) is 8.93. The van der Waals surface area contributed by atoms with E-state index in [0.717, 1.165) is 5.56 Å². The maximum Gasteiger partial charge on any atom is 0.265 e. The Labute approximate surface area is 185 Å². The van der Waals surface area contributed by atoms with Gasteiger partial charge in [0, 0.05) is 11.6 Å². The molecule has 4 aromatic rings. The highest BCUT2D eigenvalue weighted by Gasteiger charge is 2.15. The van der Waals surface area contributed by atoms with Gasteiger partial charge in [-0.15, -0.1) is 0 Å². The first-order chi connectivity index (χ1) is 15.5. The quantitative estimate of drug-likeness (QED) is 0.503. The van der Waals surface area contributed by atoms with Crippen molar-refractivity contribution in [2.45, 2.75) is 13.0 Å². The Hall–Kier alpha value is -4.13. The number of carbonyl (C=O) groups excluding carboxylic acids is 1. The number of methoxy groups -OCH3 is 2. The van der Waals surface area contributed by atoms with Crippen LogP contribution in [0.1, 0.15) is 28.9 Å². The van der Waals surface area contributed by atoms with E-state index in [1.807, 2.05) is 37.3 Å². The number of rotatable bonds is 6. The second-order valence-electron chi connectivity index (χ2n) is 7.30. The molecule has 1 amide bonds. The van der Waals surface area contributed by atoms with Crippen molar-refractivity contribution in [3.63, 3.8) is 0 Å². The zero-order valence-corrected chi connectivity index (χ0v) is 18.0. The molecule has 162 valence electrons. The molecule has 0 unspecified atom stereocenters. The lowest BCUT2D eigenvalue weighted by Crippen LogP contribution is -2.27. The standard InChI is InChI=1S/C25H23N3O4/c1-16(17-7-5-4-6-8-17)27-24(29)18-9-11-20-21(13-18)26-15-28(25(20)30)22-14-19(31-2)10-12-23(22)32-3/h4-16H,1-3H3,(H,27,29)/t16-/m1/s1. The Morgan fingerprint density at radius 1 is 1.00 bits per heavy atom. The molecule has 7 nitrogen and oxygen atoms in total. The van der Waals surface area contributed by atoms with Crippen molar-refractivity contribution in [2.75, 3.05) is 14.2 Å². The number of hydrogen-bond acceptors (Lipinski definition) is 5. The van der Waals surface area contributed by atoms with Crippen LogP contribution in [0.4, 0.5) is 0 Å². The third kappa shape index (κ3) is 4.05. The molecule has 0 aliphatic rings. The van der Waals surface area contributed by atoms with Crippen LogP contribution in [-0.2, 0) is 0 Å². The predicted molar refractivity (Wildman–Crippen MR) is 123 cm³/mol. The van der Waals surface area contributed by atoms with Gasteiger partial charge in [-0.2, -0.15) is 0 Å². The Morgan fingerprint density at radius 3 is 2.50 bits per heavy atom. The van der Waals surface area contributed by atoms with Crippen molar-refractivity contribution in [3.05, 3.63) is 94.5 Å². The third-order valence-corrected chi connectivity index (χ3v) is 5.31. The number of nitrogens with zero attached hydrogens (tertiary/aromatic N) is 2. The summed E-state index contributed by atoms with van der Waals surface area (Å²) in [6, 6.07) is 19.6. The van der Waals surface area contributed by atoms with Gasteiger partial charge >= 0.3 is 0 Å². The normalized spacial score (nSPS) is 11.7. The highest BCUT2D eigenvalue weighted by Crippen LogP contribution is 2.27. The Kier molecular flexibility index (Phi) is 5.89. The summed E-state index contributed by atoms with van der Waals surface area (Å²) in [6.45, 7) is 1.92. The lowest BCUT2D eigenvalue weighted by molar-refractivity contribution is 0.0940. The van der Waals surface area contributed by atoms with Crippen LogP contribution in [0, 0.1) is 0 Å². The average molecular weight is 429 g/mol. The monoisotopic (exact) mass is 429 g/mol. The number of fused-ring (bicyclic) bond motifs is 1. The number of carbonyl (C=O) groups is 1. The molecule has 4 rings (SSSR count). The van der Waals surface area contributed by atoms with Crippen LogP contribution in [-0.4, -0.2) is 29.7 Å². The van der Waals surface area contributed by atoms with Crippen LogP contribution in [0.15, 0.2) is 77.9 Å². The molecule has 1 N–H and O–H groups in total. The number of nitrogens with one attached hydrogen (secondary N) is 1. The maximum atomic E-state index is 13.2. The van der Waals surface area contributed by atoms with Gasteiger partial charge in [-0.1, -0.05) is 30.3 Å². The fourth-order valence-corrected chi connectivity index (χ4v) is 3.52. The van der Waals surface area contributed by atoms with Gasteiger partial charge in [0.05, 0.1) is 36.9 Å². The lowest BCUT2D eigenvalue weighted by atomic mass is 10.1. The number of amides is 1. The summed E-state index contributed by atoms with van der Waals surface area (Å²) in [6.07, 6.45) is 1.43. The van der Waals surface area contributed by atoms with Crippen molar-refractivity contribution < 1.29 is 14.3 Å². The predicted octanol–water partition coefficient (Wildman–Crippen LogP) is 3.89. The average Bonchev–Trinajstić information content (AvgIpc) is 2.84. The molecule has 1 aromatic heterocycles. The van der Waals surface area contributed by atoms with Gasteiger partial charge in [0.25, 0.3) is 11.5 Å². The SMILES string of the molecule is COc1ccc(OC)c(-n2cnc3cc(C(=O)N[C@H](C)c4ccccc4)ccc3c2=O)c1. The van der Waals surface area contributed by atoms with Crippen molar-refractivity contribution >= 4 is 16.8 Å². The lowest BCUT2D eigenvalue weighted by Gasteiger charge is -2.15. The number of hydrogen-bond donors (Lipinski definition) is 1. The molecule has 3 aromatic carbocycles. The van der Waals surface area contributed by atoms with E-state index < -0.39 is 0 Å². The van der Waals surface area contributed by atoms with Crippen molar-refractivity contribution in [3.8, 4) is 17.2 Å². The van der Waals surface area contributed by atoms with E-state index in [1.165, 1.54) is 18.0 Å². The van der Waals surface area contributed by atoms with Crippen molar-refractivity contribution in [2.24, 2.45) is 0 Å². The molecule has 0 fully saturated rings. The maximum absolute atomic E-state index is 13.2. The summed E-state index contributed by atoms with van der Waals surface area (Å²) in [4.78, 5) is 30.3. The zero-order valence-electron chi connectivity index (χ0n) is 18.0. The zero-order chi connectivity index (χ0) is 22.7. The van der Waals surface area contributed by atoms with Gasteiger partial charge in [-0.05, 0) is 42.8 Å². The van der Waals surface area contributed by atoms with Crippen molar-refractivity contribution in [1.82, 2.24) is 14.9 Å². The molecule has 32 heavy (non-hydrogen) atoms. The van der Waals surface area contributed by atoms with Gasteiger partial charge in [0.15, 0.2) is 0 Å². The van der Waals surface area contributed by atoms with Crippen molar-refractivity contribution in [1.29, 1.82) is 0 Å². The summed E-state index contributed by atoms with van der Waals surface area (Å²) in [5.74, 6) is 0.871. The summed E-state index contributed by atoms with van der Waals surface area (Å²) < 4.78 is 12.1. The van der Waals surface area contributed by atoms with Gasteiger partial charge in [-0.25, -0.2) is 4.98 Å². The van der Waals surface area contributed by atoms with E-state index in [-0.39, 0.29) is 17.5 Å². The summed E-state index contributed by atoms with van der Waals surface area (Å²) in [5.41, 5.74) is 2.13. The summed E-state index contributed by atoms with van der Waals surface area (Å²) >= 11 is 0. The number of ether oxygens (including phenoxy) is 2. The van der Waals surface area contributed by atoms with Crippen LogP contribution in [0.5, 0.6) is 11.5 Å². The molecule has 0 spiro atoms. The summed E-state index contributed by atoms with van der Waals surface area (Å²) in [7, 11) is 3.09. The topological polar surface area (TPSA) is 82.4 Å². The molecule has 0 bridgehead atoms. The minimum Gasteiger partial charge on any atom is -0.497 e. The minimum atomic E-state index is -0.272. The van der Waals surface area contributed by atoms with E-state index in [0.29, 0.717) is 33.7 Å². The van der Waals surface area contributed by atoms with E-state index in [9.17, 15) is 9.59 Å². The van der Waals surface area contributed by atoms with Crippen LogP contribution in [0.2, 0.25) is 0 Å². The van der Waals surface area contributed by atoms with Crippen LogP contribution >= 0.6 is 0 Å². The van der Waals surface area contributed by atoms with E-state index in [4.69, 9.17) is 9.47 Å². The fraction of sp³-hybridized carbons (Fsp3) is 0.160. The first kappa shape index (κ1) is 21.1. The van der Waals surface area contributed by atoms with Gasteiger partial charge in [0.1, 0.15) is 17.8 Å². The van der Waals surface area contributed by atoms with Crippen LogP contribution in [0.3, 0.4) is 0 Å². The van der Waals surface area contributed by atoms with Gasteiger partial charge in [-0.3, -0.25) is 14.2 Å². The first-order valence-corrected chi connectivity index (χ1v) is 10.1. The van der Waals surface area contributed by atoms with Crippen LogP contribution < -0.4 is 20.3 Å².